The van der Waals surface area contributed by atoms with Gasteiger partial charge in [-0.1, -0.05) is 46.6 Å². The van der Waals surface area contributed by atoms with E-state index in [2.05, 4.69) is 39.4 Å². The maximum atomic E-state index is 14.0. The van der Waals surface area contributed by atoms with Crippen LogP contribution in [0.1, 0.15) is 29.7 Å². The molecule has 1 unspecified atom stereocenters. The first-order valence-electron chi connectivity index (χ1n) is 6.94. The van der Waals surface area contributed by atoms with Crippen LogP contribution in [-0.4, -0.2) is 6.54 Å². The van der Waals surface area contributed by atoms with Crippen LogP contribution in [0.15, 0.2) is 40.9 Å². The molecule has 0 aromatic heterocycles. The predicted molar refractivity (Wildman–Crippen MR) is 90.4 cm³/mol. The lowest BCUT2D eigenvalue weighted by Crippen LogP contribution is -2.23. The van der Waals surface area contributed by atoms with Gasteiger partial charge in [0.25, 0.3) is 0 Å². The summed E-state index contributed by atoms with van der Waals surface area (Å²) in [5, 5.41) is 3.89. The molecule has 1 nitrogen and oxygen atoms in total. The van der Waals surface area contributed by atoms with Crippen LogP contribution >= 0.6 is 27.5 Å². The van der Waals surface area contributed by atoms with E-state index in [1.54, 1.807) is 12.1 Å². The van der Waals surface area contributed by atoms with Gasteiger partial charge in [-0.15, -0.1) is 0 Å². The van der Waals surface area contributed by atoms with Gasteiger partial charge < -0.3 is 5.32 Å². The minimum absolute atomic E-state index is 0.0283. The van der Waals surface area contributed by atoms with Crippen molar-refractivity contribution in [3.8, 4) is 0 Å². The molecule has 112 valence electrons. The Hall–Kier alpha value is -0.900. The van der Waals surface area contributed by atoms with Crippen LogP contribution in [0.4, 0.5) is 4.39 Å². The minimum atomic E-state index is -0.253. The Labute approximate surface area is 138 Å². The van der Waals surface area contributed by atoms with E-state index in [0.29, 0.717) is 17.0 Å². The molecule has 0 radical (unpaired) electrons. The normalized spacial score (nSPS) is 12.4. The van der Waals surface area contributed by atoms with Gasteiger partial charge in [0.1, 0.15) is 5.82 Å². The highest BCUT2D eigenvalue weighted by molar-refractivity contribution is 9.10. The lowest BCUT2D eigenvalue weighted by Gasteiger charge is -2.20. The topological polar surface area (TPSA) is 12.0 Å². The Bertz CT molecular complexity index is 590. The number of aryl methyl sites for hydroxylation is 1. The Kier molecular flexibility index (Phi) is 5.80. The number of rotatable bonds is 5. The highest BCUT2D eigenvalue weighted by Gasteiger charge is 2.16. The molecule has 1 N–H and O–H groups in total. The van der Waals surface area contributed by atoms with E-state index in [4.69, 9.17) is 11.6 Å². The molecule has 0 heterocycles. The summed E-state index contributed by atoms with van der Waals surface area (Å²) in [6.45, 7) is 4.90. The second kappa shape index (κ2) is 7.39. The summed E-state index contributed by atoms with van der Waals surface area (Å²) in [5.74, 6) is -0.253. The first-order valence-corrected chi connectivity index (χ1v) is 8.11. The largest absolute Gasteiger partial charge is 0.310 e. The number of hydrogen-bond donors (Lipinski definition) is 1. The summed E-state index contributed by atoms with van der Waals surface area (Å²) in [6, 6.07) is 11.1. The third-order valence-corrected chi connectivity index (χ3v) is 4.20. The fourth-order valence-corrected chi connectivity index (χ4v) is 3.32. The van der Waals surface area contributed by atoms with Gasteiger partial charge >= 0.3 is 0 Å². The minimum Gasteiger partial charge on any atom is -0.310 e. The molecule has 0 bridgehead atoms. The Balaban J connectivity index is 2.35. The number of halogens is 3. The third-order valence-electron chi connectivity index (χ3n) is 3.39. The average molecular weight is 371 g/mol. The molecule has 0 aliphatic rings. The molecule has 2 rings (SSSR count). The molecule has 0 spiro atoms. The van der Waals surface area contributed by atoms with Crippen LogP contribution in [-0.2, 0) is 6.42 Å². The van der Waals surface area contributed by atoms with E-state index >= 15 is 0 Å². The van der Waals surface area contributed by atoms with Gasteiger partial charge in [0, 0.05) is 21.1 Å². The van der Waals surface area contributed by atoms with Gasteiger partial charge in [0.05, 0.1) is 0 Å². The zero-order valence-electron chi connectivity index (χ0n) is 12.1. The van der Waals surface area contributed by atoms with Crippen LogP contribution in [0.2, 0.25) is 5.02 Å². The maximum absolute atomic E-state index is 14.0. The van der Waals surface area contributed by atoms with E-state index in [1.807, 2.05) is 13.8 Å². The predicted octanol–water partition coefficient (Wildman–Crippen LogP) is 5.44. The first-order chi connectivity index (χ1) is 10.0. The van der Waals surface area contributed by atoms with Gasteiger partial charge in [-0.25, -0.2) is 4.39 Å². The van der Waals surface area contributed by atoms with Crippen molar-refractivity contribution < 1.29 is 4.39 Å². The summed E-state index contributed by atoms with van der Waals surface area (Å²) in [5.41, 5.74) is 2.85. The van der Waals surface area contributed by atoms with E-state index < -0.39 is 0 Å². The van der Waals surface area contributed by atoms with E-state index in [0.717, 1.165) is 16.6 Å². The number of hydrogen-bond acceptors (Lipinski definition) is 1. The SMILES string of the molecule is CCNC(Cc1c(F)cccc1Cl)c1cc(C)cc(Br)c1. The first kappa shape index (κ1) is 16.5. The van der Waals surface area contributed by atoms with Crippen LogP contribution in [0.3, 0.4) is 0 Å². The van der Waals surface area contributed by atoms with Crippen molar-refractivity contribution in [1.82, 2.24) is 5.32 Å². The third kappa shape index (κ3) is 4.29. The van der Waals surface area contributed by atoms with Crippen molar-refractivity contribution in [3.05, 3.63) is 68.4 Å². The average Bonchev–Trinajstić information content (AvgIpc) is 2.40. The molecule has 0 amide bonds. The van der Waals surface area contributed by atoms with Crippen molar-refractivity contribution in [2.24, 2.45) is 0 Å². The smallest absolute Gasteiger partial charge is 0.127 e. The van der Waals surface area contributed by atoms with Gasteiger partial charge in [0.2, 0.25) is 0 Å². The molecule has 0 aliphatic carbocycles. The second-order valence-electron chi connectivity index (χ2n) is 5.08. The van der Waals surface area contributed by atoms with E-state index in [-0.39, 0.29) is 11.9 Å². The zero-order valence-corrected chi connectivity index (χ0v) is 14.4. The van der Waals surface area contributed by atoms with Crippen molar-refractivity contribution in [2.45, 2.75) is 26.3 Å². The van der Waals surface area contributed by atoms with Crippen LogP contribution in [0.25, 0.3) is 0 Å². The summed E-state index contributed by atoms with van der Waals surface area (Å²) in [4.78, 5) is 0. The molecule has 0 aliphatic heterocycles. The monoisotopic (exact) mass is 369 g/mol. The molecule has 0 saturated carbocycles. The summed E-state index contributed by atoms with van der Waals surface area (Å²) >= 11 is 9.67. The van der Waals surface area contributed by atoms with Gasteiger partial charge in [-0.3, -0.25) is 0 Å². The van der Waals surface area contributed by atoms with Crippen LogP contribution in [0.5, 0.6) is 0 Å². The number of nitrogens with one attached hydrogen (secondary N) is 1. The van der Waals surface area contributed by atoms with Crippen molar-refractivity contribution in [1.29, 1.82) is 0 Å². The van der Waals surface area contributed by atoms with Crippen LogP contribution in [0, 0.1) is 12.7 Å². The number of likely N-dealkylation sites (N-methyl/N-ethyl adjacent to an activating group) is 1. The van der Waals surface area contributed by atoms with Crippen molar-refractivity contribution in [3.63, 3.8) is 0 Å². The molecule has 0 saturated heterocycles. The van der Waals surface area contributed by atoms with Gasteiger partial charge in [0.15, 0.2) is 0 Å². The quantitative estimate of drug-likeness (QED) is 0.738. The molecule has 1 atom stereocenters. The fraction of sp³-hybridized carbons (Fsp3) is 0.294. The summed E-state index contributed by atoms with van der Waals surface area (Å²) in [7, 11) is 0. The lowest BCUT2D eigenvalue weighted by molar-refractivity contribution is 0.527. The Morgan fingerprint density at radius 1 is 1.29 bits per heavy atom. The molecule has 0 fully saturated rings. The highest BCUT2D eigenvalue weighted by Crippen LogP contribution is 2.28. The summed E-state index contributed by atoms with van der Waals surface area (Å²) < 4.78 is 15.0. The number of benzene rings is 2. The van der Waals surface area contributed by atoms with Crippen molar-refractivity contribution in [2.75, 3.05) is 6.54 Å². The molecule has 21 heavy (non-hydrogen) atoms. The van der Waals surface area contributed by atoms with Crippen molar-refractivity contribution >= 4 is 27.5 Å². The van der Waals surface area contributed by atoms with Crippen LogP contribution < -0.4 is 5.32 Å². The van der Waals surface area contributed by atoms with E-state index in [1.165, 1.54) is 11.6 Å². The maximum Gasteiger partial charge on any atom is 0.127 e. The lowest BCUT2D eigenvalue weighted by atomic mass is 9.97. The Morgan fingerprint density at radius 2 is 2.05 bits per heavy atom. The fourth-order valence-electron chi connectivity index (χ4n) is 2.45. The van der Waals surface area contributed by atoms with Gasteiger partial charge in [-0.05, 0) is 55.3 Å². The zero-order chi connectivity index (χ0) is 15.4. The highest BCUT2D eigenvalue weighted by atomic mass is 79.9. The van der Waals surface area contributed by atoms with E-state index in [9.17, 15) is 4.39 Å². The summed E-state index contributed by atoms with van der Waals surface area (Å²) in [6.07, 6.45) is 0.523. The molecular formula is C17H18BrClFN. The van der Waals surface area contributed by atoms with Gasteiger partial charge in [-0.2, -0.15) is 0 Å². The Morgan fingerprint density at radius 3 is 2.67 bits per heavy atom. The molecular weight excluding hydrogens is 353 g/mol. The molecule has 4 heteroatoms. The molecule has 2 aromatic carbocycles. The molecule has 2 aromatic rings. The standard InChI is InChI=1S/C17H18BrClFN/c1-3-21-17(12-7-11(2)8-13(18)9-12)10-14-15(19)5-4-6-16(14)20/h4-9,17,21H,3,10H2,1-2H3. The second-order valence-corrected chi connectivity index (χ2v) is 6.40.